The van der Waals surface area contributed by atoms with Gasteiger partial charge in [0.15, 0.2) is 5.75 Å². The van der Waals surface area contributed by atoms with Crippen molar-refractivity contribution >= 4 is 17.3 Å². The molecule has 1 atom stereocenters. The predicted octanol–water partition coefficient (Wildman–Crippen LogP) is 3.21. The van der Waals surface area contributed by atoms with E-state index in [1.54, 1.807) is 0 Å². The van der Waals surface area contributed by atoms with Crippen LogP contribution < -0.4 is 10.1 Å². The van der Waals surface area contributed by atoms with Gasteiger partial charge in [0.2, 0.25) is 6.10 Å². The summed E-state index contributed by atoms with van der Waals surface area (Å²) in [5, 5.41) is 2.25. The summed E-state index contributed by atoms with van der Waals surface area (Å²) in [5.41, 5.74) is 0.130. The first-order chi connectivity index (χ1) is 7.38. The lowest BCUT2D eigenvalue weighted by Gasteiger charge is -2.29. The number of hydrogen-bond donors (Lipinski definition) is 1. The van der Waals surface area contributed by atoms with E-state index in [0.717, 1.165) is 12.1 Å². The van der Waals surface area contributed by atoms with Crippen LogP contribution in [0.2, 0.25) is 5.02 Å². The molecule has 1 aliphatic rings. The molecule has 0 bridgehead atoms. The molecule has 1 N–H and O–H groups in total. The zero-order valence-corrected chi connectivity index (χ0v) is 8.49. The molecule has 0 saturated heterocycles. The maximum atomic E-state index is 12.9. The van der Waals surface area contributed by atoms with E-state index in [9.17, 15) is 17.6 Å². The van der Waals surface area contributed by atoms with Crippen molar-refractivity contribution in [2.75, 3.05) is 11.9 Å². The first kappa shape index (κ1) is 11.3. The molecule has 0 saturated carbocycles. The normalized spacial score (nSPS) is 19.7. The first-order valence-corrected chi connectivity index (χ1v) is 4.72. The molecule has 0 fully saturated rings. The molecule has 0 amide bonds. The van der Waals surface area contributed by atoms with Gasteiger partial charge in [-0.2, -0.15) is 13.2 Å². The Morgan fingerprint density at radius 2 is 2.06 bits per heavy atom. The third-order valence-electron chi connectivity index (χ3n) is 2.11. The Bertz CT molecular complexity index is 421. The van der Waals surface area contributed by atoms with Gasteiger partial charge in [0.1, 0.15) is 5.82 Å². The molecule has 1 aromatic carbocycles. The smallest absolute Gasteiger partial charge is 0.427 e. The minimum Gasteiger partial charge on any atom is -0.475 e. The number of halogens is 5. The highest BCUT2D eigenvalue weighted by Crippen LogP contribution is 2.39. The molecule has 0 spiro atoms. The number of nitrogens with one attached hydrogen (secondary N) is 1. The van der Waals surface area contributed by atoms with Crippen LogP contribution in [-0.4, -0.2) is 18.8 Å². The highest BCUT2D eigenvalue weighted by atomic mass is 35.5. The zero-order chi connectivity index (χ0) is 11.9. The average Bonchev–Trinajstić information content (AvgIpc) is 2.15. The summed E-state index contributed by atoms with van der Waals surface area (Å²) < 4.78 is 54.7. The van der Waals surface area contributed by atoms with Crippen LogP contribution in [0.5, 0.6) is 5.75 Å². The SMILES string of the molecule is Fc1cc(Cl)c2c(c1)NCC(C(F)(F)F)O2. The van der Waals surface area contributed by atoms with Gasteiger partial charge in [-0.1, -0.05) is 11.6 Å². The minimum absolute atomic E-state index is 0.130. The second-order valence-corrected chi connectivity index (χ2v) is 3.70. The van der Waals surface area contributed by atoms with Crippen molar-refractivity contribution in [3.63, 3.8) is 0 Å². The lowest BCUT2D eigenvalue weighted by atomic mass is 10.2. The van der Waals surface area contributed by atoms with Crippen LogP contribution in [0.15, 0.2) is 12.1 Å². The maximum absolute atomic E-state index is 12.9. The van der Waals surface area contributed by atoms with E-state index in [1.807, 2.05) is 0 Å². The van der Waals surface area contributed by atoms with Gasteiger partial charge in [-0.25, -0.2) is 4.39 Å². The van der Waals surface area contributed by atoms with Crippen molar-refractivity contribution < 1.29 is 22.3 Å². The fourth-order valence-corrected chi connectivity index (χ4v) is 1.63. The molecule has 1 unspecified atom stereocenters. The number of alkyl halides is 3. The van der Waals surface area contributed by atoms with Gasteiger partial charge < -0.3 is 10.1 Å². The summed E-state index contributed by atoms with van der Waals surface area (Å²) in [6.07, 6.45) is -6.45. The Balaban J connectivity index is 2.34. The Hall–Kier alpha value is -1.17. The molecule has 88 valence electrons. The van der Waals surface area contributed by atoms with Crippen molar-refractivity contribution in [1.82, 2.24) is 0 Å². The van der Waals surface area contributed by atoms with Gasteiger partial charge in [-0.3, -0.25) is 0 Å². The summed E-state index contributed by atoms with van der Waals surface area (Å²) in [5.74, 6) is -0.804. The van der Waals surface area contributed by atoms with Crippen molar-refractivity contribution in [3.05, 3.63) is 23.0 Å². The van der Waals surface area contributed by atoms with Gasteiger partial charge in [0, 0.05) is 6.07 Å². The van der Waals surface area contributed by atoms with E-state index < -0.39 is 24.6 Å². The predicted molar refractivity (Wildman–Crippen MR) is 50.4 cm³/mol. The summed E-state index contributed by atoms with van der Waals surface area (Å²) in [6.45, 7) is -0.462. The Kier molecular flexibility index (Phi) is 2.61. The van der Waals surface area contributed by atoms with E-state index in [0.29, 0.717) is 0 Å². The lowest BCUT2D eigenvalue weighted by Crippen LogP contribution is -2.42. The molecule has 0 radical (unpaired) electrons. The number of benzene rings is 1. The molecule has 0 aromatic heterocycles. The topological polar surface area (TPSA) is 21.3 Å². The van der Waals surface area contributed by atoms with Crippen LogP contribution >= 0.6 is 11.6 Å². The van der Waals surface area contributed by atoms with E-state index in [1.165, 1.54) is 0 Å². The van der Waals surface area contributed by atoms with Crippen molar-refractivity contribution in [3.8, 4) is 5.75 Å². The quantitative estimate of drug-likeness (QED) is 0.719. The molecule has 16 heavy (non-hydrogen) atoms. The number of ether oxygens (including phenoxy) is 1. The molecular weight excluding hydrogens is 250 g/mol. The molecule has 2 nitrogen and oxygen atoms in total. The van der Waals surface area contributed by atoms with Gasteiger partial charge >= 0.3 is 6.18 Å². The standard InChI is InChI=1S/C9H6ClF4NO/c10-5-1-4(11)2-6-8(5)16-7(3-15-6)9(12,13)14/h1-2,7,15H,3H2. The fourth-order valence-electron chi connectivity index (χ4n) is 1.38. The molecular formula is C9H6ClF4NO. The monoisotopic (exact) mass is 255 g/mol. The average molecular weight is 256 g/mol. The van der Waals surface area contributed by atoms with Gasteiger partial charge in [0.05, 0.1) is 17.3 Å². The van der Waals surface area contributed by atoms with Crippen LogP contribution in [0, 0.1) is 5.82 Å². The Morgan fingerprint density at radius 3 is 2.69 bits per heavy atom. The molecule has 2 rings (SSSR count). The maximum Gasteiger partial charge on any atom is 0.427 e. The van der Waals surface area contributed by atoms with E-state index in [-0.39, 0.29) is 16.5 Å². The second kappa shape index (κ2) is 3.69. The molecule has 1 heterocycles. The fraction of sp³-hybridized carbons (Fsp3) is 0.333. The van der Waals surface area contributed by atoms with Crippen LogP contribution in [0.4, 0.5) is 23.2 Å². The van der Waals surface area contributed by atoms with Crippen LogP contribution in [0.3, 0.4) is 0 Å². The first-order valence-electron chi connectivity index (χ1n) is 4.34. The minimum atomic E-state index is -4.48. The van der Waals surface area contributed by atoms with Gasteiger partial charge in [0.25, 0.3) is 0 Å². The summed E-state index contributed by atoms with van der Waals surface area (Å²) in [6, 6.07) is 1.94. The van der Waals surface area contributed by atoms with Crippen LogP contribution in [-0.2, 0) is 0 Å². The van der Waals surface area contributed by atoms with E-state index in [4.69, 9.17) is 16.3 Å². The Labute approximate surface area is 93.1 Å². The molecule has 0 aliphatic carbocycles. The van der Waals surface area contributed by atoms with Crippen molar-refractivity contribution in [2.45, 2.75) is 12.3 Å². The van der Waals surface area contributed by atoms with Crippen molar-refractivity contribution in [1.29, 1.82) is 0 Å². The highest BCUT2D eigenvalue weighted by Gasteiger charge is 2.44. The summed E-state index contributed by atoms with van der Waals surface area (Å²) in [4.78, 5) is 0. The van der Waals surface area contributed by atoms with Gasteiger partial charge in [-0.05, 0) is 6.07 Å². The van der Waals surface area contributed by atoms with Crippen molar-refractivity contribution in [2.24, 2.45) is 0 Å². The van der Waals surface area contributed by atoms with Gasteiger partial charge in [-0.15, -0.1) is 0 Å². The highest BCUT2D eigenvalue weighted by molar-refractivity contribution is 6.32. The van der Waals surface area contributed by atoms with Crippen LogP contribution in [0.1, 0.15) is 0 Å². The summed E-state index contributed by atoms with van der Waals surface area (Å²) in [7, 11) is 0. The second-order valence-electron chi connectivity index (χ2n) is 3.29. The van der Waals surface area contributed by atoms with Crippen LogP contribution in [0.25, 0.3) is 0 Å². The Morgan fingerprint density at radius 1 is 1.38 bits per heavy atom. The number of anilines is 1. The van der Waals surface area contributed by atoms with E-state index >= 15 is 0 Å². The molecule has 7 heteroatoms. The molecule has 1 aromatic rings. The number of fused-ring (bicyclic) bond motifs is 1. The number of rotatable bonds is 0. The summed E-state index contributed by atoms with van der Waals surface area (Å²) >= 11 is 5.59. The third-order valence-corrected chi connectivity index (χ3v) is 2.39. The largest absolute Gasteiger partial charge is 0.475 e. The molecule has 1 aliphatic heterocycles. The van der Waals surface area contributed by atoms with E-state index in [2.05, 4.69) is 5.32 Å². The lowest BCUT2D eigenvalue weighted by molar-refractivity contribution is -0.191. The third kappa shape index (κ3) is 2.02. The number of hydrogen-bond acceptors (Lipinski definition) is 2. The zero-order valence-electron chi connectivity index (χ0n) is 7.74.